The van der Waals surface area contributed by atoms with Crippen LogP contribution in [0, 0.1) is 27.7 Å². The van der Waals surface area contributed by atoms with Crippen LogP contribution in [0.4, 0.5) is 5.69 Å². The first-order valence-electron chi connectivity index (χ1n) is 12.0. The number of aryl methyl sites for hydroxylation is 3. The molecule has 1 amide bonds. The van der Waals surface area contributed by atoms with Crippen molar-refractivity contribution in [3.63, 3.8) is 0 Å². The van der Waals surface area contributed by atoms with Gasteiger partial charge < -0.3 is 4.57 Å². The number of rotatable bonds is 8. The second-order valence-electron chi connectivity index (χ2n) is 9.02. The largest absolute Gasteiger partial charge is 0.317 e. The molecule has 0 radical (unpaired) electrons. The Labute approximate surface area is 232 Å². The molecule has 0 spiro atoms. The van der Waals surface area contributed by atoms with E-state index in [4.69, 9.17) is 0 Å². The van der Waals surface area contributed by atoms with Crippen LogP contribution < -0.4 is 9.73 Å². The van der Waals surface area contributed by atoms with Crippen molar-refractivity contribution in [1.82, 2.24) is 9.99 Å². The standard InChI is InChI=1S/C29H29BrN4O3S/c1-20-14-15-27(21(2)16-20)33(38(36,37)25-10-6-5-7-11-25)19-29(35)32-31-18-24-17-22(3)34(23(24)4)28-13-9-8-12-26(28)30/h5-18H,19H2,1-4H3,(H,32,35)/b31-18-. The molecule has 0 aliphatic rings. The van der Waals surface area contributed by atoms with E-state index >= 15 is 0 Å². The molecule has 4 rings (SSSR count). The number of hydrogen-bond donors (Lipinski definition) is 1. The summed E-state index contributed by atoms with van der Waals surface area (Å²) in [7, 11) is -3.99. The van der Waals surface area contributed by atoms with E-state index in [-0.39, 0.29) is 4.90 Å². The Kier molecular flexibility index (Phi) is 8.18. The number of carbonyl (C=O) groups is 1. The minimum absolute atomic E-state index is 0.107. The Hall–Kier alpha value is -3.69. The number of nitrogens with zero attached hydrogens (tertiary/aromatic N) is 3. The third kappa shape index (κ3) is 5.74. The molecule has 1 aromatic heterocycles. The maximum Gasteiger partial charge on any atom is 0.264 e. The zero-order valence-corrected chi connectivity index (χ0v) is 24.0. The van der Waals surface area contributed by atoms with Gasteiger partial charge in [0.15, 0.2) is 0 Å². The van der Waals surface area contributed by atoms with Crippen molar-refractivity contribution in [3.8, 4) is 5.69 Å². The lowest BCUT2D eigenvalue weighted by molar-refractivity contribution is -0.119. The van der Waals surface area contributed by atoms with Crippen LogP contribution >= 0.6 is 15.9 Å². The number of halogens is 1. The van der Waals surface area contributed by atoms with Crippen LogP contribution in [0.3, 0.4) is 0 Å². The monoisotopic (exact) mass is 592 g/mol. The van der Waals surface area contributed by atoms with Crippen LogP contribution in [0.5, 0.6) is 0 Å². The summed E-state index contributed by atoms with van der Waals surface area (Å²) in [6.07, 6.45) is 1.57. The van der Waals surface area contributed by atoms with E-state index in [1.54, 1.807) is 30.5 Å². The van der Waals surface area contributed by atoms with Gasteiger partial charge in [-0.1, -0.05) is 48.0 Å². The average molecular weight is 594 g/mol. The molecule has 0 aliphatic heterocycles. The highest BCUT2D eigenvalue weighted by Gasteiger charge is 2.28. The van der Waals surface area contributed by atoms with E-state index in [0.29, 0.717) is 5.69 Å². The first-order valence-corrected chi connectivity index (χ1v) is 14.2. The molecule has 0 bridgehead atoms. The molecule has 7 nitrogen and oxygen atoms in total. The number of aromatic nitrogens is 1. The second-order valence-corrected chi connectivity index (χ2v) is 11.7. The highest BCUT2D eigenvalue weighted by molar-refractivity contribution is 9.10. The van der Waals surface area contributed by atoms with E-state index in [0.717, 1.165) is 42.5 Å². The average Bonchev–Trinajstić information content (AvgIpc) is 3.16. The summed E-state index contributed by atoms with van der Waals surface area (Å²) in [5.74, 6) is -0.555. The summed E-state index contributed by atoms with van der Waals surface area (Å²) < 4.78 is 31.3. The Morgan fingerprint density at radius 2 is 1.66 bits per heavy atom. The summed E-state index contributed by atoms with van der Waals surface area (Å²) in [5.41, 5.74) is 8.49. The molecule has 1 N–H and O–H groups in total. The molecule has 9 heteroatoms. The summed E-state index contributed by atoms with van der Waals surface area (Å²) in [5, 5.41) is 4.14. The zero-order chi connectivity index (χ0) is 27.4. The van der Waals surface area contributed by atoms with Gasteiger partial charge in [0.2, 0.25) is 0 Å². The molecular formula is C29H29BrN4O3S. The smallest absolute Gasteiger partial charge is 0.264 e. The van der Waals surface area contributed by atoms with Gasteiger partial charge in [0.25, 0.3) is 15.9 Å². The molecule has 0 unspecified atom stereocenters. The van der Waals surface area contributed by atoms with Crippen molar-refractivity contribution >= 4 is 43.8 Å². The van der Waals surface area contributed by atoms with E-state index in [2.05, 4.69) is 31.0 Å². The number of hydrogen-bond acceptors (Lipinski definition) is 4. The lowest BCUT2D eigenvalue weighted by Gasteiger charge is -2.25. The Bertz CT molecular complexity index is 1610. The van der Waals surface area contributed by atoms with Gasteiger partial charge in [-0.15, -0.1) is 0 Å². The first kappa shape index (κ1) is 27.3. The summed E-state index contributed by atoms with van der Waals surface area (Å²) in [6.45, 7) is 7.31. The predicted molar refractivity (Wildman–Crippen MR) is 156 cm³/mol. The number of carbonyl (C=O) groups excluding carboxylic acids is 1. The lowest BCUT2D eigenvalue weighted by Crippen LogP contribution is -2.40. The van der Waals surface area contributed by atoms with Crippen LogP contribution in [0.1, 0.15) is 28.1 Å². The SMILES string of the molecule is Cc1ccc(N(CC(=O)N/N=C\c2cc(C)n(-c3ccccc3Br)c2C)S(=O)(=O)c2ccccc2)c(C)c1. The molecule has 0 fully saturated rings. The highest BCUT2D eigenvalue weighted by Crippen LogP contribution is 2.28. The molecule has 0 atom stereocenters. The number of amides is 1. The van der Waals surface area contributed by atoms with E-state index in [1.807, 2.05) is 70.2 Å². The van der Waals surface area contributed by atoms with Crippen molar-refractivity contribution in [1.29, 1.82) is 0 Å². The van der Waals surface area contributed by atoms with Gasteiger partial charge in [-0.3, -0.25) is 9.10 Å². The predicted octanol–water partition coefficient (Wildman–Crippen LogP) is 5.82. The molecule has 0 saturated heterocycles. The minimum Gasteiger partial charge on any atom is -0.317 e. The maximum atomic E-state index is 13.5. The van der Waals surface area contributed by atoms with Crippen LogP contribution in [0.25, 0.3) is 5.69 Å². The Balaban J connectivity index is 1.58. The summed E-state index contributed by atoms with van der Waals surface area (Å²) in [4.78, 5) is 13.1. The van der Waals surface area contributed by atoms with Gasteiger partial charge in [-0.05, 0) is 85.6 Å². The molecule has 196 valence electrons. The first-order chi connectivity index (χ1) is 18.1. The van der Waals surface area contributed by atoms with Crippen molar-refractivity contribution in [3.05, 3.63) is 111 Å². The minimum atomic E-state index is -3.99. The number of nitrogens with one attached hydrogen (secondary N) is 1. The Morgan fingerprint density at radius 3 is 2.34 bits per heavy atom. The normalized spacial score (nSPS) is 11.6. The maximum absolute atomic E-state index is 13.5. The van der Waals surface area contributed by atoms with Crippen LogP contribution in [0.2, 0.25) is 0 Å². The summed E-state index contributed by atoms with van der Waals surface area (Å²) >= 11 is 3.60. The van der Waals surface area contributed by atoms with Gasteiger partial charge in [-0.25, -0.2) is 13.8 Å². The van der Waals surface area contributed by atoms with Crippen LogP contribution in [-0.2, 0) is 14.8 Å². The van der Waals surface area contributed by atoms with Crippen molar-refractivity contribution in [2.45, 2.75) is 32.6 Å². The van der Waals surface area contributed by atoms with Gasteiger partial charge in [0.1, 0.15) is 6.54 Å². The van der Waals surface area contributed by atoms with Gasteiger partial charge >= 0.3 is 0 Å². The topological polar surface area (TPSA) is 83.8 Å². The van der Waals surface area contributed by atoms with Crippen molar-refractivity contribution in [2.24, 2.45) is 5.10 Å². The quantitative estimate of drug-likeness (QED) is 0.207. The fourth-order valence-electron chi connectivity index (χ4n) is 4.37. The second kappa shape index (κ2) is 11.4. The van der Waals surface area contributed by atoms with E-state index in [9.17, 15) is 13.2 Å². The van der Waals surface area contributed by atoms with Crippen molar-refractivity contribution in [2.75, 3.05) is 10.8 Å². The molecule has 0 saturated carbocycles. The number of para-hydroxylation sites is 1. The Morgan fingerprint density at radius 1 is 0.974 bits per heavy atom. The van der Waals surface area contributed by atoms with Gasteiger partial charge in [0, 0.05) is 21.4 Å². The van der Waals surface area contributed by atoms with Gasteiger partial charge in [-0.2, -0.15) is 5.10 Å². The number of anilines is 1. The van der Waals surface area contributed by atoms with Gasteiger partial charge in [0.05, 0.1) is 22.5 Å². The third-order valence-electron chi connectivity index (χ3n) is 6.20. The number of benzene rings is 3. The highest BCUT2D eigenvalue weighted by atomic mass is 79.9. The molecular weight excluding hydrogens is 564 g/mol. The van der Waals surface area contributed by atoms with E-state index in [1.165, 1.54) is 12.1 Å². The molecule has 38 heavy (non-hydrogen) atoms. The zero-order valence-electron chi connectivity index (χ0n) is 21.6. The molecule has 4 aromatic rings. The number of hydrazone groups is 1. The van der Waals surface area contributed by atoms with E-state index < -0.39 is 22.5 Å². The fraction of sp³-hybridized carbons (Fsp3) is 0.172. The number of sulfonamides is 1. The molecule has 0 aliphatic carbocycles. The van der Waals surface area contributed by atoms with Crippen LogP contribution in [0.15, 0.2) is 93.3 Å². The third-order valence-corrected chi connectivity index (χ3v) is 8.64. The molecule has 3 aromatic carbocycles. The molecule has 1 heterocycles. The van der Waals surface area contributed by atoms with Crippen molar-refractivity contribution < 1.29 is 13.2 Å². The fourth-order valence-corrected chi connectivity index (χ4v) is 6.33. The van der Waals surface area contributed by atoms with Crippen LogP contribution in [-0.4, -0.2) is 31.7 Å². The summed E-state index contributed by atoms with van der Waals surface area (Å²) in [6, 6.07) is 23.4. The lowest BCUT2D eigenvalue weighted by atomic mass is 10.1.